The molecule has 10 nitrogen and oxygen atoms in total. The van der Waals surface area contributed by atoms with Crippen LogP contribution in [0.25, 0.3) is 0 Å². The number of hydrogen-bond acceptors (Lipinski definition) is 7. The van der Waals surface area contributed by atoms with Crippen molar-refractivity contribution in [3.63, 3.8) is 0 Å². The highest BCUT2D eigenvalue weighted by Crippen LogP contribution is 2.30. The van der Waals surface area contributed by atoms with Crippen molar-refractivity contribution in [3.05, 3.63) is 83.9 Å². The van der Waals surface area contributed by atoms with E-state index in [9.17, 15) is 23.1 Å². The Labute approximate surface area is 253 Å². The molecule has 0 aromatic heterocycles. The zero-order valence-corrected chi connectivity index (χ0v) is 25.7. The molecule has 43 heavy (non-hydrogen) atoms. The van der Waals surface area contributed by atoms with Crippen LogP contribution in [0.1, 0.15) is 25.0 Å². The topological polar surface area (TPSA) is 125 Å². The van der Waals surface area contributed by atoms with Crippen LogP contribution in [-0.4, -0.2) is 80.5 Å². The van der Waals surface area contributed by atoms with E-state index in [-0.39, 0.29) is 55.2 Å². The minimum absolute atomic E-state index is 0.0124. The molecule has 4 rings (SSSR count). The van der Waals surface area contributed by atoms with E-state index in [4.69, 9.17) is 9.47 Å². The van der Waals surface area contributed by atoms with E-state index in [2.05, 4.69) is 5.32 Å². The maximum absolute atomic E-state index is 13.5. The van der Waals surface area contributed by atoms with E-state index in [0.717, 1.165) is 5.56 Å². The summed E-state index contributed by atoms with van der Waals surface area (Å²) in [7, 11) is -0.851. The van der Waals surface area contributed by atoms with Crippen LogP contribution >= 0.6 is 0 Å². The molecule has 0 bridgehead atoms. The molecule has 3 atom stereocenters. The summed E-state index contributed by atoms with van der Waals surface area (Å²) in [5.41, 5.74) is 1.94. The Morgan fingerprint density at radius 1 is 1.14 bits per heavy atom. The number of sulfonamides is 1. The standard InChI is InChI=1S/C32H39N3O7S/c1-22-19-35(23(2)21-36)32(38)18-25-17-26(33-31(37)16-24-8-6-5-7-9-24)10-15-29(25)42-30(22)20-34(3)43(39,40)28-13-11-27(41-4)12-14-28/h5-15,17,22-23,30,36H,16,18-21H2,1-4H3,(H,33,37)/t22-,23-,30-/m1/s1. The average Bonchev–Trinajstić information content (AvgIpc) is 3.04. The molecule has 3 aromatic rings. The fourth-order valence-electron chi connectivity index (χ4n) is 4.99. The minimum atomic E-state index is -3.86. The highest BCUT2D eigenvalue weighted by molar-refractivity contribution is 7.89. The van der Waals surface area contributed by atoms with E-state index in [1.54, 1.807) is 42.2 Å². The molecule has 230 valence electrons. The predicted molar refractivity (Wildman–Crippen MR) is 164 cm³/mol. The molecule has 0 saturated carbocycles. The normalized spacial score (nSPS) is 18.1. The van der Waals surface area contributed by atoms with E-state index in [0.29, 0.717) is 22.7 Å². The molecule has 0 spiro atoms. The Hall–Kier alpha value is -3.93. The number of amides is 2. The number of carbonyl (C=O) groups is 2. The number of hydrogen-bond donors (Lipinski definition) is 2. The molecule has 0 unspecified atom stereocenters. The lowest BCUT2D eigenvalue weighted by atomic mass is 10.0. The van der Waals surface area contributed by atoms with Crippen LogP contribution in [0.2, 0.25) is 0 Å². The summed E-state index contributed by atoms with van der Waals surface area (Å²) in [6.07, 6.45) is -0.444. The summed E-state index contributed by atoms with van der Waals surface area (Å²) in [4.78, 5) is 27.9. The molecule has 1 aliphatic heterocycles. The van der Waals surface area contributed by atoms with Gasteiger partial charge in [0, 0.05) is 30.8 Å². The molecule has 1 aliphatic rings. The van der Waals surface area contributed by atoms with E-state index in [1.807, 2.05) is 37.3 Å². The first-order chi connectivity index (χ1) is 20.5. The summed E-state index contributed by atoms with van der Waals surface area (Å²) >= 11 is 0. The second-order valence-electron chi connectivity index (χ2n) is 10.9. The highest BCUT2D eigenvalue weighted by Gasteiger charge is 2.33. The number of benzene rings is 3. The van der Waals surface area contributed by atoms with E-state index < -0.39 is 22.2 Å². The Bertz CT molecular complexity index is 1510. The van der Waals surface area contributed by atoms with Gasteiger partial charge in [0.25, 0.3) is 0 Å². The van der Waals surface area contributed by atoms with E-state index in [1.165, 1.54) is 30.6 Å². The smallest absolute Gasteiger partial charge is 0.242 e. The number of fused-ring (bicyclic) bond motifs is 1. The lowest BCUT2D eigenvalue weighted by Gasteiger charge is -2.33. The van der Waals surface area contributed by atoms with Crippen LogP contribution in [-0.2, 0) is 32.5 Å². The number of ether oxygens (including phenoxy) is 2. The number of carbonyl (C=O) groups excluding carboxylic acids is 2. The van der Waals surface area contributed by atoms with Gasteiger partial charge in [0.05, 0.1) is 44.0 Å². The van der Waals surface area contributed by atoms with Crippen LogP contribution in [0, 0.1) is 5.92 Å². The Balaban J connectivity index is 1.61. The SMILES string of the molecule is COc1ccc(S(=O)(=O)N(C)C[C@H]2Oc3ccc(NC(=O)Cc4ccccc4)cc3CC(=O)N([C@H](C)CO)C[C@H]2C)cc1. The lowest BCUT2D eigenvalue weighted by Crippen LogP contribution is -2.48. The van der Waals surface area contributed by atoms with Gasteiger partial charge in [0.2, 0.25) is 21.8 Å². The summed E-state index contributed by atoms with van der Waals surface area (Å²) in [6, 6.07) is 20.2. The number of aliphatic hydroxyl groups excluding tert-OH is 1. The van der Waals surface area contributed by atoms with Gasteiger partial charge in [-0.25, -0.2) is 8.42 Å². The van der Waals surface area contributed by atoms with Gasteiger partial charge in [-0.3, -0.25) is 9.59 Å². The quantitative estimate of drug-likeness (QED) is 0.361. The Morgan fingerprint density at radius 3 is 2.49 bits per heavy atom. The third-order valence-corrected chi connectivity index (χ3v) is 9.45. The third-order valence-electron chi connectivity index (χ3n) is 7.61. The number of nitrogens with one attached hydrogen (secondary N) is 1. The van der Waals surface area contributed by atoms with Gasteiger partial charge in [-0.15, -0.1) is 0 Å². The van der Waals surface area contributed by atoms with Crippen molar-refractivity contribution in [1.82, 2.24) is 9.21 Å². The number of rotatable bonds is 10. The van der Waals surface area contributed by atoms with Crippen LogP contribution in [0.4, 0.5) is 5.69 Å². The zero-order chi connectivity index (χ0) is 31.1. The van der Waals surface area contributed by atoms with Gasteiger partial charge >= 0.3 is 0 Å². The first-order valence-electron chi connectivity index (χ1n) is 14.2. The molecule has 11 heteroatoms. The van der Waals surface area contributed by atoms with Crippen molar-refractivity contribution in [2.45, 2.75) is 43.7 Å². The van der Waals surface area contributed by atoms with Crippen molar-refractivity contribution >= 4 is 27.5 Å². The van der Waals surface area contributed by atoms with Crippen LogP contribution < -0.4 is 14.8 Å². The van der Waals surface area contributed by atoms with Crippen molar-refractivity contribution in [2.75, 3.05) is 39.2 Å². The summed E-state index contributed by atoms with van der Waals surface area (Å²) < 4.78 is 39.7. The van der Waals surface area contributed by atoms with Crippen molar-refractivity contribution < 1.29 is 32.6 Å². The maximum Gasteiger partial charge on any atom is 0.242 e. The van der Waals surface area contributed by atoms with Gasteiger partial charge in [0.15, 0.2) is 0 Å². The fraction of sp³-hybridized carbons (Fsp3) is 0.375. The number of methoxy groups -OCH3 is 1. The van der Waals surface area contributed by atoms with Crippen LogP contribution in [0.5, 0.6) is 11.5 Å². The molecule has 0 saturated heterocycles. The van der Waals surface area contributed by atoms with Gasteiger partial charge in [-0.2, -0.15) is 4.31 Å². The predicted octanol–water partition coefficient (Wildman–Crippen LogP) is 3.35. The average molecular weight is 610 g/mol. The molecule has 2 N–H and O–H groups in total. The zero-order valence-electron chi connectivity index (χ0n) is 24.9. The van der Waals surface area contributed by atoms with Crippen molar-refractivity contribution in [2.24, 2.45) is 5.92 Å². The van der Waals surface area contributed by atoms with Crippen LogP contribution in [0.3, 0.4) is 0 Å². The summed E-state index contributed by atoms with van der Waals surface area (Å²) in [5.74, 6) is 0.284. The first kappa shape index (κ1) is 32.0. The molecule has 0 radical (unpaired) electrons. The maximum atomic E-state index is 13.5. The van der Waals surface area contributed by atoms with E-state index >= 15 is 0 Å². The Kier molecular flexibility index (Phi) is 10.4. The molecule has 2 amide bonds. The largest absolute Gasteiger partial charge is 0.497 e. The molecule has 0 aliphatic carbocycles. The monoisotopic (exact) mass is 609 g/mol. The first-order valence-corrected chi connectivity index (χ1v) is 15.6. The highest BCUT2D eigenvalue weighted by atomic mass is 32.2. The van der Waals surface area contributed by atoms with Gasteiger partial charge < -0.3 is 24.8 Å². The number of aliphatic hydroxyl groups is 1. The molecule has 3 aromatic carbocycles. The molecular formula is C32H39N3O7S. The second kappa shape index (κ2) is 14.0. The van der Waals surface area contributed by atoms with Gasteiger partial charge in [0.1, 0.15) is 17.6 Å². The van der Waals surface area contributed by atoms with Crippen LogP contribution in [0.15, 0.2) is 77.7 Å². The third kappa shape index (κ3) is 7.92. The fourth-order valence-corrected chi connectivity index (χ4v) is 6.17. The number of anilines is 1. The number of nitrogens with zero attached hydrogens (tertiary/aromatic N) is 2. The van der Waals surface area contributed by atoms with Crippen molar-refractivity contribution in [1.29, 1.82) is 0 Å². The Morgan fingerprint density at radius 2 is 1.84 bits per heavy atom. The summed E-state index contributed by atoms with van der Waals surface area (Å²) in [6.45, 7) is 3.71. The van der Waals surface area contributed by atoms with Gasteiger partial charge in [-0.1, -0.05) is 37.3 Å². The second-order valence-corrected chi connectivity index (χ2v) is 12.9. The lowest BCUT2D eigenvalue weighted by molar-refractivity contribution is -0.134. The molecule has 0 fully saturated rings. The van der Waals surface area contributed by atoms with Crippen molar-refractivity contribution in [3.8, 4) is 11.5 Å². The minimum Gasteiger partial charge on any atom is -0.497 e. The van der Waals surface area contributed by atoms with Gasteiger partial charge in [-0.05, 0) is 55.0 Å². The number of likely N-dealkylation sites (N-methyl/N-ethyl adjacent to an activating group) is 1. The molecule has 1 heterocycles. The molecular weight excluding hydrogens is 570 g/mol. The summed E-state index contributed by atoms with van der Waals surface area (Å²) in [5, 5.41) is 12.8.